The van der Waals surface area contributed by atoms with Gasteiger partial charge < -0.3 is 0 Å². The molecule has 1 heterocycles. The summed E-state index contributed by atoms with van der Waals surface area (Å²) >= 11 is 0.516. The van der Waals surface area contributed by atoms with Gasteiger partial charge in [-0.15, -0.1) is 0 Å². The van der Waals surface area contributed by atoms with Gasteiger partial charge in [0.25, 0.3) is 0 Å². The van der Waals surface area contributed by atoms with Crippen molar-refractivity contribution < 1.29 is 0 Å². The monoisotopic (exact) mass is 203 g/mol. The van der Waals surface area contributed by atoms with Crippen LogP contribution in [0.4, 0.5) is 5.69 Å². The number of hydrogen-bond acceptors (Lipinski definition) is 1. The summed E-state index contributed by atoms with van der Waals surface area (Å²) in [6, 6.07) is 2.11. The summed E-state index contributed by atoms with van der Waals surface area (Å²) in [6.45, 7) is 6.69. The van der Waals surface area contributed by atoms with Crippen LogP contribution >= 0.6 is 0 Å². The molecule has 1 rings (SSSR count). The molecule has 0 saturated heterocycles. The van der Waals surface area contributed by atoms with Gasteiger partial charge in [-0.3, -0.25) is 0 Å². The van der Waals surface area contributed by atoms with Crippen LogP contribution in [0, 0.1) is 0 Å². The second-order valence-electron chi connectivity index (χ2n) is 3.49. The van der Waals surface area contributed by atoms with Crippen molar-refractivity contribution in [3.05, 3.63) is 15.4 Å². The quantitative estimate of drug-likeness (QED) is 0.635. The molecule has 1 aromatic heterocycles. The second kappa shape index (κ2) is 2.44. The Labute approximate surface area is 68.0 Å². The standard InChI is InChI=1S/C8H13NSe/c1-8(2,3)7-4-6(9)5-10-7/h4-5H,9H2,1-3H3. The predicted octanol–water partition coefficient (Wildman–Crippen LogP) is 1.62. The molecule has 1 nitrogen and oxygen atoms in total. The van der Waals surface area contributed by atoms with Crippen molar-refractivity contribution in [2.75, 3.05) is 5.73 Å². The van der Waals surface area contributed by atoms with Crippen LogP contribution in [-0.4, -0.2) is 14.5 Å². The first-order valence-corrected chi connectivity index (χ1v) is 5.19. The fourth-order valence-electron chi connectivity index (χ4n) is 0.744. The Morgan fingerprint density at radius 2 is 2.00 bits per heavy atom. The first-order valence-electron chi connectivity index (χ1n) is 3.34. The number of nitrogens with two attached hydrogens (primary N) is 1. The molecule has 0 bridgehead atoms. The Balaban J connectivity index is 2.96. The summed E-state index contributed by atoms with van der Waals surface area (Å²) in [5.41, 5.74) is 6.89. The molecular weight excluding hydrogens is 189 g/mol. The van der Waals surface area contributed by atoms with E-state index in [0.29, 0.717) is 19.9 Å². The Morgan fingerprint density at radius 1 is 1.40 bits per heavy atom. The number of hydrogen-bond donors (Lipinski definition) is 1. The fourth-order valence-corrected chi connectivity index (χ4v) is 2.61. The molecule has 0 radical (unpaired) electrons. The normalized spacial score (nSPS) is 11.9. The van der Waals surface area contributed by atoms with E-state index in [1.165, 1.54) is 4.44 Å². The molecule has 0 spiro atoms. The minimum absolute atomic E-state index is 0.317. The SMILES string of the molecule is CC(C)(C)c1cc(N)c[se]1. The summed E-state index contributed by atoms with van der Waals surface area (Å²) in [7, 11) is 0. The zero-order valence-corrected chi connectivity index (χ0v) is 8.35. The van der Waals surface area contributed by atoms with Crippen molar-refractivity contribution in [2.24, 2.45) is 0 Å². The van der Waals surface area contributed by atoms with Crippen LogP contribution in [0.15, 0.2) is 11.0 Å². The molecule has 0 aliphatic heterocycles. The summed E-state index contributed by atoms with van der Waals surface area (Å²) < 4.78 is 1.50. The van der Waals surface area contributed by atoms with Crippen LogP contribution in [0.3, 0.4) is 0 Å². The van der Waals surface area contributed by atoms with Gasteiger partial charge in [-0.25, -0.2) is 0 Å². The van der Waals surface area contributed by atoms with E-state index in [1.54, 1.807) is 0 Å². The second-order valence-corrected chi connectivity index (χ2v) is 5.41. The third kappa shape index (κ3) is 1.65. The van der Waals surface area contributed by atoms with Crippen LogP contribution < -0.4 is 5.73 Å². The van der Waals surface area contributed by atoms with Gasteiger partial charge in [0.1, 0.15) is 0 Å². The van der Waals surface area contributed by atoms with Crippen molar-refractivity contribution in [1.29, 1.82) is 0 Å². The summed E-state index contributed by atoms with van der Waals surface area (Å²) in [4.78, 5) is 2.13. The topological polar surface area (TPSA) is 26.0 Å². The summed E-state index contributed by atoms with van der Waals surface area (Å²) in [5, 5.41) is 0. The Morgan fingerprint density at radius 3 is 2.20 bits per heavy atom. The predicted molar refractivity (Wildman–Crippen MR) is 46.5 cm³/mol. The van der Waals surface area contributed by atoms with Crippen molar-refractivity contribution in [1.82, 2.24) is 0 Å². The first-order chi connectivity index (χ1) is 4.50. The maximum atomic E-state index is 5.62. The number of anilines is 1. The first kappa shape index (κ1) is 7.90. The van der Waals surface area contributed by atoms with Crippen molar-refractivity contribution in [3.8, 4) is 0 Å². The average molecular weight is 202 g/mol. The molecule has 0 aliphatic carbocycles. The molecule has 0 aromatic carbocycles. The molecule has 0 aliphatic rings. The zero-order chi connectivity index (χ0) is 7.78. The Bertz CT molecular complexity index is 219. The zero-order valence-electron chi connectivity index (χ0n) is 6.64. The maximum absolute atomic E-state index is 5.62. The van der Waals surface area contributed by atoms with E-state index in [2.05, 4.69) is 31.8 Å². The Hall–Kier alpha value is -0.201. The van der Waals surface area contributed by atoms with Gasteiger partial charge in [-0.2, -0.15) is 0 Å². The molecule has 10 heavy (non-hydrogen) atoms. The molecule has 56 valence electrons. The summed E-state index contributed by atoms with van der Waals surface area (Å²) in [6.07, 6.45) is 0. The van der Waals surface area contributed by atoms with Gasteiger partial charge in [0.2, 0.25) is 0 Å². The van der Waals surface area contributed by atoms with E-state index < -0.39 is 0 Å². The van der Waals surface area contributed by atoms with E-state index in [1.807, 2.05) is 0 Å². The van der Waals surface area contributed by atoms with E-state index in [0.717, 1.165) is 5.69 Å². The third-order valence-corrected chi connectivity index (χ3v) is 4.24. The molecule has 1 aromatic rings. The average Bonchev–Trinajstić information content (AvgIpc) is 2.11. The van der Waals surface area contributed by atoms with E-state index in [-0.39, 0.29) is 0 Å². The van der Waals surface area contributed by atoms with Gasteiger partial charge >= 0.3 is 67.6 Å². The number of nitrogen functional groups attached to an aromatic ring is 1. The molecule has 0 fully saturated rings. The molecule has 0 saturated carbocycles. The van der Waals surface area contributed by atoms with Crippen molar-refractivity contribution in [3.63, 3.8) is 0 Å². The van der Waals surface area contributed by atoms with Crippen LogP contribution in [0.2, 0.25) is 0 Å². The molecule has 2 N–H and O–H groups in total. The Kier molecular flexibility index (Phi) is 1.93. The van der Waals surface area contributed by atoms with Crippen LogP contribution in [0.1, 0.15) is 25.2 Å². The van der Waals surface area contributed by atoms with E-state index in [9.17, 15) is 0 Å². The molecule has 0 atom stereocenters. The fraction of sp³-hybridized carbons (Fsp3) is 0.500. The van der Waals surface area contributed by atoms with Gasteiger partial charge in [-0.05, 0) is 0 Å². The van der Waals surface area contributed by atoms with Gasteiger partial charge in [0, 0.05) is 0 Å². The summed E-state index contributed by atoms with van der Waals surface area (Å²) in [5.74, 6) is 0. The minimum atomic E-state index is 0.317. The molecule has 2 heteroatoms. The van der Waals surface area contributed by atoms with Crippen LogP contribution in [0.25, 0.3) is 0 Å². The van der Waals surface area contributed by atoms with Crippen molar-refractivity contribution in [2.45, 2.75) is 26.2 Å². The third-order valence-electron chi connectivity index (χ3n) is 1.36. The molecule has 0 unspecified atom stereocenters. The van der Waals surface area contributed by atoms with Crippen LogP contribution in [0.5, 0.6) is 0 Å². The van der Waals surface area contributed by atoms with Crippen LogP contribution in [-0.2, 0) is 5.41 Å². The molecular formula is C8H13NSe. The number of rotatable bonds is 0. The van der Waals surface area contributed by atoms with Crippen molar-refractivity contribution >= 4 is 20.2 Å². The van der Waals surface area contributed by atoms with E-state index >= 15 is 0 Å². The van der Waals surface area contributed by atoms with E-state index in [4.69, 9.17) is 5.73 Å². The van der Waals surface area contributed by atoms with Gasteiger partial charge in [-0.1, -0.05) is 0 Å². The molecule has 0 amide bonds. The van der Waals surface area contributed by atoms with Gasteiger partial charge in [0.05, 0.1) is 0 Å². The van der Waals surface area contributed by atoms with Gasteiger partial charge in [0.15, 0.2) is 0 Å².